The molecule has 2 atom stereocenters. The van der Waals surface area contributed by atoms with Gasteiger partial charge in [0.05, 0.1) is 6.10 Å². The number of ether oxygens (including phenoxy) is 1. The van der Waals surface area contributed by atoms with Crippen molar-refractivity contribution in [3.63, 3.8) is 0 Å². The number of halogens is 3. The summed E-state index contributed by atoms with van der Waals surface area (Å²) in [6.07, 6.45) is -2.80. The number of hydrogen-bond donors (Lipinski definition) is 2. The van der Waals surface area contributed by atoms with Gasteiger partial charge in [-0.15, -0.1) is 0 Å². The van der Waals surface area contributed by atoms with Crippen molar-refractivity contribution in [2.75, 3.05) is 20.2 Å². The smallest absolute Gasteiger partial charge is 0.380 e. The molecule has 1 aliphatic heterocycles. The molecule has 1 saturated carbocycles. The van der Waals surface area contributed by atoms with Crippen molar-refractivity contribution >= 4 is 0 Å². The molecule has 94 valence electrons. The lowest BCUT2D eigenvalue weighted by atomic mass is 10.1. The molecule has 0 aromatic heterocycles. The summed E-state index contributed by atoms with van der Waals surface area (Å²) in [5, 5.41) is 5.81. The summed E-state index contributed by atoms with van der Waals surface area (Å²) in [5.41, 5.74) is -1.60. The molecule has 1 saturated heterocycles. The highest BCUT2D eigenvalue weighted by atomic mass is 19.4. The van der Waals surface area contributed by atoms with Gasteiger partial charge in [0.1, 0.15) is 5.54 Å². The van der Waals surface area contributed by atoms with Crippen LogP contribution in [0.15, 0.2) is 0 Å². The Balaban J connectivity index is 1.76. The topological polar surface area (TPSA) is 33.3 Å². The monoisotopic (exact) mass is 238 g/mol. The minimum atomic E-state index is -4.12. The Bertz CT molecular complexity index is 253. The van der Waals surface area contributed by atoms with Crippen LogP contribution in [0.5, 0.6) is 0 Å². The first kappa shape index (κ1) is 12.1. The highest BCUT2D eigenvalue weighted by Crippen LogP contribution is 2.48. The van der Waals surface area contributed by atoms with E-state index in [0.717, 1.165) is 13.0 Å². The molecule has 0 aromatic rings. The number of rotatable bonds is 4. The normalized spacial score (nSPS) is 33.0. The quantitative estimate of drug-likeness (QED) is 0.768. The lowest BCUT2D eigenvalue weighted by Crippen LogP contribution is -2.49. The second-order valence-electron chi connectivity index (χ2n) is 4.66. The zero-order valence-corrected chi connectivity index (χ0v) is 9.23. The molecule has 2 fully saturated rings. The zero-order chi connectivity index (χ0) is 11.8. The lowest BCUT2D eigenvalue weighted by molar-refractivity contribution is -0.165. The Morgan fingerprint density at radius 3 is 2.56 bits per heavy atom. The molecule has 3 nitrogen and oxygen atoms in total. The number of nitrogens with one attached hydrogen (secondary N) is 2. The van der Waals surface area contributed by atoms with E-state index >= 15 is 0 Å². The van der Waals surface area contributed by atoms with Crippen molar-refractivity contribution in [1.29, 1.82) is 0 Å². The van der Waals surface area contributed by atoms with Gasteiger partial charge in [-0.25, -0.2) is 0 Å². The first-order valence-electron chi connectivity index (χ1n) is 5.55. The van der Waals surface area contributed by atoms with Gasteiger partial charge in [-0.3, -0.25) is 0 Å². The minimum absolute atomic E-state index is 0.0878. The van der Waals surface area contributed by atoms with E-state index < -0.39 is 11.7 Å². The highest BCUT2D eigenvalue weighted by molar-refractivity contribution is 5.08. The van der Waals surface area contributed by atoms with Crippen molar-refractivity contribution in [2.24, 2.45) is 0 Å². The van der Waals surface area contributed by atoms with Crippen molar-refractivity contribution < 1.29 is 17.9 Å². The maximum Gasteiger partial charge on any atom is 0.406 e. The second kappa shape index (κ2) is 4.16. The maximum atomic E-state index is 12.6. The molecule has 2 aliphatic rings. The fraction of sp³-hybridized carbons (Fsp3) is 1.00. The number of alkyl halides is 3. The lowest BCUT2D eigenvalue weighted by Gasteiger charge is -2.22. The summed E-state index contributed by atoms with van der Waals surface area (Å²) in [6.45, 7) is 1.08. The Morgan fingerprint density at radius 2 is 2.12 bits per heavy atom. The fourth-order valence-corrected chi connectivity index (χ4v) is 2.12. The molecule has 16 heavy (non-hydrogen) atoms. The molecule has 0 bridgehead atoms. The Hall–Kier alpha value is -0.330. The van der Waals surface area contributed by atoms with Gasteiger partial charge in [0.25, 0.3) is 0 Å². The standard InChI is InChI=1S/C10H17F3N2O/c1-16-8-4-7(14-6-8)5-15-9(2-3-9)10(11,12)13/h7-8,14-15H,2-6H2,1H3. The van der Waals surface area contributed by atoms with E-state index in [1.165, 1.54) is 0 Å². The first-order valence-corrected chi connectivity index (χ1v) is 5.55. The van der Waals surface area contributed by atoms with Gasteiger partial charge in [-0.2, -0.15) is 13.2 Å². The van der Waals surface area contributed by atoms with Crippen LogP contribution in [-0.2, 0) is 4.74 Å². The van der Waals surface area contributed by atoms with E-state index in [4.69, 9.17) is 4.74 Å². The van der Waals surface area contributed by atoms with Crippen LogP contribution in [0.3, 0.4) is 0 Å². The number of hydrogen-bond acceptors (Lipinski definition) is 3. The van der Waals surface area contributed by atoms with Crippen molar-refractivity contribution in [2.45, 2.75) is 43.1 Å². The Morgan fingerprint density at radius 1 is 1.44 bits per heavy atom. The average Bonchev–Trinajstić information content (AvgIpc) is 2.88. The minimum Gasteiger partial charge on any atom is -0.380 e. The van der Waals surface area contributed by atoms with E-state index in [1.54, 1.807) is 7.11 Å². The summed E-state index contributed by atoms with van der Waals surface area (Å²) in [7, 11) is 1.63. The van der Waals surface area contributed by atoms with Gasteiger partial charge in [-0.1, -0.05) is 0 Å². The van der Waals surface area contributed by atoms with Gasteiger partial charge in [0, 0.05) is 26.2 Å². The van der Waals surface area contributed by atoms with E-state index in [1.807, 2.05) is 0 Å². The third-order valence-corrected chi connectivity index (χ3v) is 3.49. The molecule has 2 N–H and O–H groups in total. The molecule has 6 heteroatoms. The van der Waals surface area contributed by atoms with Gasteiger partial charge in [0.15, 0.2) is 0 Å². The molecular weight excluding hydrogens is 221 g/mol. The summed E-state index contributed by atoms with van der Waals surface area (Å²) >= 11 is 0. The molecule has 0 spiro atoms. The summed E-state index contributed by atoms with van der Waals surface area (Å²) in [5.74, 6) is 0. The van der Waals surface area contributed by atoms with Crippen LogP contribution in [0.2, 0.25) is 0 Å². The van der Waals surface area contributed by atoms with Gasteiger partial charge >= 0.3 is 6.18 Å². The van der Waals surface area contributed by atoms with E-state index in [0.29, 0.717) is 6.54 Å². The van der Waals surface area contributed by atoms with E-state index in [9.17, 15) is 13.2 Å². The third kappa shape index (κ3) is 2.33. The van der Waals surface area contributed by atoms with Gasteiger partial charge in [-0.05, 0) is 19.3 Å². The van der Waals surface area contributed by atoms with Crippen LogP contribution < -0.4 is 10.6 Å². The molecule has 1 aliphatic carbocycles. The van der Waals surface area contributed by atoms with Crippen LogP contribution >= 0.6 is 0 Å². The first-order chi connectivity index (χ1) is 7.47. The van der Waals surface area contributed by atoms with Crippen LogP contribution in [0.25, 0.3) is 0 Å². The fourth-order valence-electron chi connectivity index (χ4n) is 2.12. The Kier molecular flexibility index (Phi) is 3.16. The van der Waals surface area contributed by atoms with Crippen molar-refractivity contribution in [1.82, 2.24) is 10.6 Å². The summed E-state index contributed by atoms with van der Waals surface area (Å²) in [4.78, 5) is 0. The molecular formula is C10H17F3N2O. The molecule has 2 rings (SSSR count). The van der Waals surface area contributed by atoms with Crippen LogP contribution in [-0.4, -0.2) is 44.1 Å². The van der Waals surface area contributed by atoms with Crippen LogP contribution in [0, 0.1) is 0 Å². The van der Waals surface area contributed by atoms with Gasteiger partial charge in [0.2, 0.25) is 0 Å². The Labute approximate surface area is 92.7 Å². The molecule has 2 unspecified atom stereocenters. The highest BCUT2D eigenvalue weighted by Gasteiger charge is 2.63. The second-order valence-corrected chi connectivity index (χ2v) is 4.66. The number of methoxy groups -OCH3 is 1. The van der Waals surface area contributed by atoms with E-state index in [2.05, 4.69) is 10.6 Å². The summed E-state index contributed by atoms with van der Waals surface area (Å²) < 4.78 is 43.0. The van der Waals surface area contributed by atoms with Crippen molar-refractivity contribution in [3.05, 3.63) is 0 Å². The van der Waals surface area contributed by atoms with Crippen molar-refractivity contribution in [3.8, 4) is 0 Å². The molecule has 0 radical (unpaired) electrons. The van der Waals surface area contributed by atoms with Gasteiger partial charge < -0.3 is 15.4 Å². The largest absolute Gasteiger partial charge is 0.406 e. The van der Waals surface area contributed by atoms with Crippen LogP contribution in [0.1, 0.15) is 19.3 Å². The zero-order valence-electron chi connectivity index (χ0n) is 9.23. The molecule has 0 aromatic carbocycles. The van der Waals surface area contributed by atoms with Crippen LogP contribution in [0.4, 0.5) is 13.2 Å². The predicted molar refractivity (Wildman–Crippen MR) is 53.2 cm³/mol. The molecule has 1 heterocycles. The molecule has 0 amide bonds. The maximum absolute atomic E-state index is 12.6. The third-order valence-electron chi connectivity index (χ3n) is 3.49. The SMILES string of the molecule is COC1CNC(CNC2(C(F)(F)F)CC2)C1. The van der Waals surface area contributed by atoms with E-state index in [-0.39, 0.29) is 25.0 Å². The summed E-state index contributed by atoms with van der Waals surface area (Å²) in [6, 6.07) is 0.0878. The average molecular weight is 238 g/mol. The predicted octanol–water partition coefficient (Wildman–Crippen LogP) is 1.05.